The summed E-state index contributed by atoms with van der Waals surface area (Å²) < 4.78 is -2.26. The highest BCUT2D eigenvalue weighted by Crippen LogP contribution is 2.61. The number of nitrogens with two attached hydrogens (primary N) is 2. The number of carbonyl (C=O) groups excluding carboxylic acids is 2. The lowest BCUT2D eigenvalue weighted by Crippen LogP contribution is -2.59. The number of hydrogen-bond donors (Lipinski definition) is 8. The van der Waals surface area contributed by atoms with Crippen LogP contribution in [0.5, 0.6) is 0 Å². The fraction of sp³-hybridized carbons (Fsp3) is 0.625. The predicted molar refractivity (Wildman–Crippen MR) is 141 cm³/mol. The smallest absolute Gasteiger partial charge is 0.247 e. The van der Waals surface area contributed by atoms with Crippen LogP contribution in [0.1, 0.15) is 12.8 Å². The number of amides is 2. The Balaban J connectivity index is 3.80. The molecular formula is C16H22I4N2O8. The summed E-state index contributed by atoms with van der Waals surface area (Å²) in [6.45, 7) is -1.45. The molecule has 6 atom stereocenters. The van der Waals surface area contributed by atoms with E-state index < -0.39 is 62.7 Å². The molecule has 14 heteroatoms. The molecule has 0 aromatic heterocycles. The van der Waals surface area contributed by atoms with Gasteiger partial charge in [-0.15, -0.1) is 0 Å². The van der Waals surface area contributed by atoms with Crippen molar-refractivity contribution < 1.29 is 40.2 Å². The average Bonchev–Trinajstić information content (AvgIpc) is 2.64. The number of hydrogen-bond acceptors (Lipinski definition) is 8. The summed E-state index contributed by atoms with van der Waals surface area (Å²) >= 11 is 7.35. The van der Waals surface area contributed by atoms with E-state index in [2.05, 4.69) is 0 Å². The van der Waals surface area contributed by atoms with Gasteiger partial charge in [-0.3, -0.25) is 9.59 Å². The molecule has 0 aromatic rings. The van der Waals surface area contributed by atoms with Crippen LogP contribution in [0.4, 0.5) is 0 Å². The molecule has 0 aliphatic heterocycles. The van der Waals surface area contributed by atoms with Gasteiger partial charge in [-0.1, -0.05) is 45.2 Å². The summed E-state index contributed by atoms with van der Waals surface area (Å²) in [5, 5.41) is 59.1. The third kappa shape index (κ3) is 5.59. The van der Waals surface area contributed by atoms with Gasteiger partial charge in [-0.05, 0) is 58.0 Å². The molecule has 1 aliphatic carbocycles. The van der Waals surface area contributed by atoms with Crippen molar-refractivity contribution in [1.29, 1.82) is 0 Å². The Morgan fingerprint density at radius 3 is 1.53 bits per heavy atom. The molecule has 1 rings (SSSR count). The first-order valence-corrected chi connectivity index (χ1v) is 12.7. The van der Waals surface area contributed by atoms with E-state index in [1.54, 1.807) is 0 Å². The Hall–Kier alpha value is 1.10. The lowest BCUT2D eigenvalue weighted by molar-refractivity contribution is -0.117. The van der Waals surface area contributed by atoms with Crippen LogP contribution >= 0.6 is 90.4 Å². The van der Waals surface area contributed by atoms with Crippen molar-refractivity contribution in [2.75, 3.05) is 13.2 Å². The number of alkyl halides is 2. The van der Waals surface area contributed by atoms with E-state index in [1.807, 2.05) is 90.4 Å². The molecule has 172 valence electrons. The first kappa shape index (κ1) is 29.1. The van der Waals surface area contributed by atoms with Crippen molar-refractivity contribution in [2.45, 2.75) is 44.1 Å². The third-order valence-corrected chi connectivity index (χ3v) is 12.8. The van der Waals surface area contributed by atoms with Crippen molar-refractivity contribution >= 4 is 102 Å². The summed E-state index contributed by atoms with van der Waals surface area (Å²) in [6, 6.07) is 0. The fourth-order valence-electron chi connectivity index (χ4n) is 3.26. The van der Waals surface area contributed by atoms with E-state index in [4.69, 9.17) is 16.6 Å². The second kappa shape index (κ2) is 11.5. The maximum absolute atomic E-state index is 12.5. The minimum absolute atomic E-state index is 0.0300. The molecule has 0 saturated heterocycles. The molecule has 0 saturated carbocycles. The summed E-state index contributed by atoms with van der Waals surface area (Å²) in [7, 11) is 0. The summed E-state index contributed by atoms with van der Waals surface area (Å²) in [5.74, 6) is -1.68. The zero-order valence-electron chi connectivity index (χ0n) is 15.3. The Morgan fingerprint density at radius 1 is 0.800 bits per heavy atom. The topological polar surface area (TPSA) is 208 Å². The van der Waals surface area contributed by atoms with Gasteiger partial charge < -0.3 is 42.1 Å². The highest BCUT2D eigenvalue weighted by Gasteiger charge is 2.61. The van der Waals surface area contributed by atoms with E-state index in [9.17, 15) is 35.1 Å². The van der Waals surface area contributed by atoms with Crippen molar-refractivity contribution in [3.8, 4) is 0 Å². The van der Waals surface area contributed by atoms with Gasteiger partial charge >= 0.3 is 0 Å². The summed E-state index contributed by atoms with van der Waals surface area (Å²) in [6.07, 6.45) is -6.99. The lowest BCUT2D eigenvalue weighted by Gasteiger charge is -2.50. The number of primary amides is 2. The largest absolute Gasteiger partial charge is 0.394 e. The van der Waals surface area contributed by atoms with Gasteiger partial charge in [0.1, 0.15) is 12.2 Å². The maximum atomic E-state index is 12.5. The molecule has 2 amide bonds. The summed E-state index contributed by atoms with van der Waals surface area (Å²) in [5.41, 5.74) is 11.4. The molecule has 10 nitrogen and oxygen atoms in total. The Morgan fingerprint density at radius 2 is 1.20 bits per heavy atom. The third-order valence-electron chi connectivity index (χ3n) is 4.74. The van der Waals surface area contributed by atoms with Crippen molar-refractivity contribution in [3.05, 3.63) is 18.3 Å². The Bertz CT molecular complexity index is 764. The van der Waals surface area contributed by atoms with Crippen LogP contribution in [0.15, 0.2) is 18.3 Å². The quantitative estimate of drug-likeness (QED) is 0.0998. The number of carbonyl (C=O) groups is 2. The maximum Gasteiger partial charge on any atom is 0.247 e. The SMILES string of the molecule is NC(=O)C1=C(I)C(I)=C(C(N)=O)C(I)(CC(O)C(O)C(O)CO)C1(I)CC(O)CO. The van der Waals surface area contributed by atoms with Crippen LogP contribution in [-0.2, 0) is 9.59 Å². The van der Waals surface area contributed by atoms with Gasteiger partial charge in [-0.2, -0.15) is 0 Å². The van der Waals surface area contributed by atoms with Crippen LogP contribution in [0, 0.1) is 0 Å². The molecule has 0 heterocycles. The van der Waals surface area contributed by atoms with Gasteiger partial charge in [-0.25, -0.2) is 0 Å². The van der Waals surface area contributed by atoms with Gasteiger partial charge in [0.05, 0.1) is 32.3 Å². The van der Waals surface area contributed by atoms with E-state index in [0.717, 1.165) is 0 Å². The normalized spacial score (nSPS) is 28.9. The van der Waals surface area contributed by atoms with Crippen molar-refractivity contribution in [3.63, 3.8) is 0 Å². The lowest BCUT2D eigenvalue weighted by atomic mass is 9.70. The van der Waals surface area contributed by atoms with E-state index in [0.29, 0.717) is 7.16 Å². The number of aliphatic hydroxyl groups is 6. The zero-order valence-corrected chi connectivity index (χ0v) is 23.9. The first-order chi connectivity index (χ1) is 13.7. The molecule has 30 heavy (non-hydrogen) atoms. The predicted octanol–water partition coefficient (Wildman–Crippen LogP) is -1.10. The Labute approximate surface area is 227 Å². The summed E-state index contributed by atoms with van der Waals surface area (Å²) in [4.78, 5) is 24.9. The van der Waals surface area contributed by atoms with Crippen LogP contribution < -0.4 is 11.5 Å². The molecule has 0 radical (unpaired) electrons. The fourth-order valence-corrected chi connectivity index (χ4v) is 9.29. The van der Waals surface area contributed by atoms with Crippen LogP contribution in [0.25, 0.3) is 0 Å². The second-order valence-corrected chi connectivity index (χ2v) is 12.6. The van der Waals surface area contributed by atoms with Gasteiger partial charge in [0.25, 0.3) is 0 Å². The molecule has 0 aromatic carbocycles. The number of aliphatic hydroxyl groups excluding tert-OH is 6. The minimum Gasteiger partial charge on any atom is -0.394 e. The van der Waals surface area contributed by atoms with Crippen LogP contribution in [0.2, 0.25) is 0 Å². The molecular weight excluding hydrogens is 856 g/mol. The van der Waals surface area contributed by atoms with E-state index in [-0.39, 0.29) is 17.6 Å². The average molecular weight is 878 g/mol. The molecule has 0 bridgehead atoms. The standard InChI is InChI=1S/C16H22I4N2O8/c17-10-8(13(21)29)15(19,1-5(25)3-23)16(20,9(11(10)18)14(22)30)2-6(26)12(28)7(27)4-24/h5-7,12,23-28H,1-4H2,(H2,21,29)(H2,22,30). The number of rotatable bonds is 10. The minimum atomic E-state index is -1.76. The van der Waals surface area contributed by atoms with E-state index in [1.165, 1.54) is 0 Å². The van der Waals surface area contributed by atoms with Crippen LogP contribution in [-0.4, -0.2) is 86.9 Å². The molecule has 0 spiro atoms. The monoisotopic (exact) mass is 878 g/mol. The zero-order chi connectivity index (χ0) is 23.6. The van der Waals surface area contributed by atoms with Gasteiger partial charge in [0, 0.05) is 18.3 Å². The molecule has 1 aliphatic rings. The Kier molecular flexibility index (Phi) is 11.2. The van der Waals surface area contributed by atoms with E-state index >= 15 is 0 Å². The van der Waals surface area contributed by atoms with Crippen LogP contribution in [0.3, 0.4) is 0 Å². The van der Waals surface area contributed by atoms with Gasteiger partial charge in [0.2, 0.25) is 11.8 Å². The molecule has 10 N–H and O–H groups in total. The molecule has 0 fully saturated rings. The van der Waals surface area contributed by atoms with Crippen molar-refractivity contribution in [1.82, 2.24) is 0 Å². The highest BCUT2D eigenvalue weighted by atomic mass is 127. The van der Waals surface area contributed by atoms with Gasteiger partial charge in [0.15, 0.2) is 0 Å². The number of allylic oxidation sites excluding steroid dienone is 2. The van der Waals surface area contributed by atoms with Crippen molar-refractivity contribution in [2.24, 2.45) is 11.5 Å². The first-order valence-electron chi connectivity index (χ1n) is 8.41. The highest BCUT2D eigenvalue weighted by molar-refractivity contribution is 14.1. The molecule has 6 unspecified atom stereocenters. The second-order valence-electron chi connectivity index (χ2n) is 6.76. The number of halogens is 4.